The monoisotopic (exact) mass is 372 g/mol. The van der Waals surface area contributed by atoms with Crippen LogP contribution in [0.2, 0.25) is 0 Å². The number of carbonyl (C=O) groups excluding carboxylic acids is 1. The van der Waals surface area contributed by atoms with Crippen LogP contribution in [0.3, 0.4) is 0 Å². The molecule has 68 valence electrons. The van der Waals surface area contributed by atoms with Crippen LogP contribution in [0.1, 0.15) is 19.5 Å². The van der Waals surface area contributed by atoms with Gasteiger partial charge in [-0.25, -0.2) is 0 Å². The predicted molar refractivity (Wildman–Crippen MR) is 48.4 cm³/mol. The Hall–Kier alpha value is -0.398. The van der Waals surface area contributed by atoms with E-state index in [2.05, 4.69) is 4.98 Å². The summed E-state index contributed by atoms with van der Waals surface area (Å²) >= 11 is 0.680. The maximum absolute atomic E-state index is 11.4. The van der Waals surface area contributed by atoms with Gasteiger partial charge in [-0.15, -0.1) is 0 Å². The Morgan fingerprint density at radius 3 is 2.69 bits per heavy atom. The summed E-state index contributed by atoms with van der Waals surface area (Å²) in [5, 5.41) is 0. The van der Waals surface area contributed by atoms with Crippen LogP contribution in [0.25, 0.3) is 0 Å². The third-order valence-electron chi connectivity index (χ3n) is 1.94. The van der Waals surface area contributed by atoms with E-state index in [1.807, 2.05) is 22.4 Å². The Balaban J connectivity index is 2.99. The molecule has 13 heavy (non-hydrogen) atoms. The van der Waals surface area contributed by atoms with Crippen molar-refractivity contribution in [2.75, 3.05) is 7.11 Å². The van der Waals surface area contributed by atoms with Crippen molar-refractivity contribution in [3.63, 3.8) is 0 Å². The first-order valence-electron chi connectivity index (χ1n) is 3.86. The van der Waals surface area contributed by atoms with Gasteiger partial charge in [-0.1, -0.05) is 0 Å². The Morgan fingerprint density at radius 1 is 1.69 bits per heavy atom. The van der Waals surface area contributed by atoms with Gasteiger partial charge in [0.25, 0.3) is 0 Å². The molecule has 0 atom stereocenters. The van der Waals surface area contributed by atoms with E-state index in [1.54, 1.807) is 6.33 Å². The van der Waals surface area contributed by atoms with Crippen molar-refractivity contribution in [2.45, 2.75) is 19.3 Å². The molecule has 1 aromatic rings. The Labute approximate surface area is 93.4 Å². The van der Waals surface area contributed by atoms with Crippen LogP contribution in [-0.4, -0.2) is 46.5 Å². The van der Waals surface area contributed by atoms with E-state index in [9.17, 15) is 4.79 Å². The van der Waals surface area contributed by atoms with Crippen molar-refractivity contribution in [3.8, 4) is 0 Å². The second kappa shape index (κ2) is 3.77. The number of hydrogen-bond donors (Lipinski definition) is 0. The first-order chi connectivity index (χ1) is 5.98. The summed E-state index contributed by atoms with van der Waals surface area (Å²) in [7, 11) is 1.39. The molecule has 1 aromatic heterocycles. The van der Waals surface area contributed by atoms with Crippen LogP contribution in [0.4, 0.5) is 0 Å². The maximum atomic E-state index is 11.4. The van der Waals surface area contributed by atoms with Crippen LogP contribution >= 0.6 is 0 Å². The van der Waals surface area contributed by atoms with E-state index in [1.165, 1.54) is 7.11 Å². The van der Waals surface area contributed by atoms with Gasteiger partial charge in [-0.05, 0) is 0 Å². The van der Waals surface area contributed by atoms with Crippen LogP contribution in [0.5, 0.6) is 0 Å². The van der Waals surface area contributed by atoms with Gasteiger partial charge in [-0.3, -0.25) is 0 Å². The molecular formula is C8H11N2O2Tl. The van der Waals surface area contributed by atoms with Crippen molar-refractivity contribution in [1.82, 2.24) is 7.36 Å². The number of esters is 1. The molecule has 0 saturated carbocycles. The van der Waals surface area contributed by atoms with Gasteiger partial charge in [0.2, 0.25) is 0 Å². The average Bonchev–Trinajstić information content (AvgIpc) is 2.50. The first-order valence-corrected chi connectivity index (χ1v) is 5.87. The van der Waals surface area contributed by atoms with Gasteiger partial charge in [0, 0.05) is 0 Å². The average molecular weight is 372 g/mol. The predicted octanol–water partition coefficient (Wildman–Crippen LogP) is 0.265. The zero-order valence-electron chi connectivity index (χ0n) is 7.94. The van der Waals surface area contributed by atoms with Gasteiger partial charge < -0.3 is 0 Å². The number of hydrogen-bond acceptors (Lipinski definition) is 3. The van der Waals surface area contributed by atoms with E-state index < -0.39 is 5.41 Å². The summed E-state index contributed by atoms with van der Waals surface area (Å²) in [6.45, 7) is 3.62. The molecule has 1 heterocycles. The number of imidazole rings is 1. The summed E-state index contributed by atoms with van der Waals surface area (Å²) in [6.07, 6.45) is 3.63. The molecule has 0 saturated heterocycles. The second-order valence-corrected chi connectivity index (χ2v) is 5.64. The fraction of sp³-hybridized carbons (Fsp3) is 0.500. The molecule has 0 aliphatic heterocycles. The molecule has 0 N–H and O–H groups in total. The number of methoxy groups -OCH3 is 1. The van der Waals surface area contributed by atoms with Crippen molar-refractivity contribution < 1.29 is 9.53 Å². The van der Waals surface area contributed by atoms with E-state index in [4.69, 9.17) is 4.74 Å². The molecule has 1 rings (SSSR count). The molecule has 0 fully saturated rings. The molecule has 0 radical (unpaired) electrons. The molecule has 5 heteroatoms. The SMILES string of the molecule is COC(=O)C(C)(C)c1c[n]([Tl])cn1. The Bertz CT molecular complexity index is 320. The van der Waals surface area contributed by atoms with E-state index in [0.29, 0.717) is 26.1 Å². The summed E-state index contributed by atoms with van der Waals surface area (Å²) in [6, 6.07) is 0. The normalized spacial score (nSPS) is 11.2. The van der Waals surface area contributed by atoms with Gasteiger partial charge in [0.1, 0.15) is 0 Å². The van der Waals surface area contributed by atoms with Gasteiger partial charge in [0.15, 0.2) is 0 Å². The minimum atomic E-state index is -0.644. The molecule has 0 spiro atoms. The van der Waals surface area contributed by atoms with Crippen LogP contribution in [-0.2, 0) is 14.9 Å². The van der Waals surface area contributed by atoms with Crippen molar-refractivity contribution in [1.29, 1.82) is 0 Å². The topological polar surface area (TPSA) is 44.1 Å². The minimum absolute atomic E-state index is 0.254. The zero-order valence-corrected chi connectivity index (χ0v) is 12.4. The van der Waals surface area contributed by atoms with E-state index in [-0.39, 0.29) is 5.97 Å². The van der Waals surface area contributed by atoms with Crippen LogP contribution in [0, 0.1) is 0 Å². The first kappa shape index (κ1) is 10.7. The number of rotatable bonds is 2. The Morgan fingerprint density at radius 2 is 2.31 bits per heavy atom. The van der Waals surface area contributed by atoms with Crippen molar-refractivity contribution in [2.24, 2.45) is 0 Å². The molecule has 4 nitrogen and oxygen atoms in total. The molecule has 0 bridgehead atoms. The number of aromatic nitrogens is 2. The molecule has 0 unspecified atom stereocenters. The molecule has 0 amide bonds. The van der Waals surface area contributed by atoms with Crippen LogP contribution < -0.4 is 0 Å². The zero-order chi connectivity index (χ0) is 10.1. The standard InChI is InChI=1S/C8H11N2O2.Tl/c1-8(2,7(11)12-3)6-4-9-5-10-6;/h4-5H,1-3H3;/q-1;+1. The van der Waals surface area contributed by atoms with Crippen molar-refractivity contribution >= 4 is 32.0 Å². The summed E-state index contributed by atoms with van der Waals surface area (Å²) < 4.78 is 6.68. The van der Waals surface area contributed by atoms with Gasteiger partial charge in [0.05, 0.1) is 0 Å². The summed E-state index contributed by atoms with van der Waals surface area (Å²) in [5.74, 6) is -0.254. The van der Waals surface area contributed by atoms with Crippen LogP contribution in [0.15, 0.2) is 12.5 Å². The second-order valence-electron chi connectivity index (χ2n) is 3.32. The van der Waals surface area contributed by atoms with E-state index >= 15 is 0 Å². The summed E-state index contributed by atoms with van der Waals surface area (Å²) in [4.78, 5) is 15.5. The van der Waals surface area contributed by atoms with Gasteiger partial charge >= 0.3 is 93.5 Å². The molecule has 0 aromatic carbocycles. The third kappa shape index (κ3) is 2.09. The fourth-order valence-corrected chi connectivity index (χ4v) is 1.83. The number of ether oxygens (including phenoxy) is 1. The van der Waals surface area contributed by atoms with E-state index in [0.717, 1.165) is 5.69 Å². The molecule has 0 aliphatic carbocycles. The number of carbonyl (C=O) groups is 1. The van der Waals surface area contributed by atoms with Crippen molar-refractivity contribution in [3.05, 3.63) is 18.2 Å². The molecule has 0 aliphatic rings. The fourth-order valence-electron chi connectivity index (χ4n) is 1.02. The number of nitrogens with zero attached hydrogens (tertiary/aromatic N) is 2. The quantitative estimate of drug-likeness (QED) is 0.554. The van der Waals surface area contributed by atoms with Gasteiger partial charge in [-0.2, -0.15) is 0 Å². The Kier molecular flexibility index (Phi) is 3.10. The third-order valence-corrected chi connectivity index (χ3v) is 3.04. The summed E-state index contributed by atoms with van der Waals surface area (Å²) in [5.41, 5.74) is 0.122. The molecular weight excluding hydrogens is 360 g/mol.